The Morgan fingerprint density at radius 1 is 1.15 bits per heavy atom. The van der Waals surface area contributed by atoms with Crippen molar-refractivity contribution in [3.63, 3.8) is 0 Å². The number of carbonyl (C=O) groups excluding carboxylic acids is 1. The molecule has 0 unspecified atom stereocenters. The summed E-state index contributed by atoms with van der Waals surface area (Å²) in [4.78, 5) is 11.6. The van der Waals surface area contributed by atoms with Crippen LogP contribution >= 0.6 is 15.9 Å². The molecule has 2 rings (SSSR count). The van der Waals surface area contributed by atoms with E-state index < -0.39 is 6.09 Å². The highest BCUT2D eigenvalue weighted by Gasteiger charge is 2.06. The van der Waals surface area contributed by atoms with Gasteiger partial charge in [0.2, 0.25) is 0 Å². The second kappa shape index (κ2) is 6.96. The van der Waals surface area contributed by atoms with Crippen LogP contribution in [0.2, 0.25) is 0 Å². The van der Waals surface area contributed by atoms with Crippen molar-refractivity contribution in [2.45, 2.75) is 6.42 Å². The molecule has 20 heavy (non-hydrogen) atoms. The van der Waals surface area contributed by atoms with Crippen molar-refractivity contribution >= 4 is 27.7 Å². The van der Waals surface area contributed by atoms with Crippen molar-refractivity contribution in [3.05, 3.63) is 58.6 Å². The Morgan fingerprint density at radius 2 is 1.85 bits per heavy atom. The molecule has 4 nitrogen and oxygen atoms in total. The first-order valence-corrected chi connectivity index (χ1v) is 6.90. The van der Waals surface area contributed by atoms with Gasteiger partial charge < -0.3 is 9.84 Å². The van der Waals surface area contributed by atoms with Gasteiger partial charge >= 0.3 is 6.09 Å². The lowest BCUT2D eigenvalue weighted by molar-refractivity contribution is 0.163. The van der Waals surface area contributed by atoms with E-state index in [9.17, 15) is 9.90 Å². The maximum Gasteiger partial charge on any atom is 0.411 e. The van der Waals surface area contributed by atoms with Gasteiger partial charge in [-0.2, -0.15) is 0 Å². The quantitative estimate of drug-likeness (QED) is 0.832. The van der Waals surface area contributed by atoms with Crippen LogP contribution in [0.4, 0.5) is 10.5 Å². The number of benzene rings is 2. The molecule has 0 heterocycles. The highest BCUT2D eigenvalue weighted by Crippen LogP contribution is 2.21. The number of carbonyl (C=O) groups is 1. The number of halogens is 1. The van der Waals surface area contributed by atoms with E-state index in [0.29, 0.717) is 12.1 Å². The van der Waals surface area contributed by atoms with E-state index >= 15 is 0 Å². The monoisotopic (exact) mass is 335 g/mol. The summed E-state index contributed by atoms with van der Waals surface area (Å²) in [6.45, 7) is 0.279. The van der Waals surface area contributed by atoms with Crippen molar-refractivity contribution in [1.82, 2.24) is 0 Å². The molecule has 2 aromatic rings. The predicted molar refractivity (Wildman–Crippen MR) is 80.9 cm³/mol. The molecule has 1 amide bonds. The first-order chi connectivity index (χ1) is 9.65. The molecule has 2 N–H and O–H groups in total. The first-order valence-electron chi connectivity index (χ1n) is 6.11. The zero-order valence-corrected chi connectivity index (χ0v) is 12.3. The van der Waals surface area contributed by atoms with Gasteiger partial charge in [-0.05, 0) is 29.8 Å². The molecule has 104 valence electrons. The minimum atomic E-state index is -0.580. The van der Waals surface area contributed by atoms with Crippen LogP contribution in [0.1, 0.15) is 5.56 Å². The van der Waals surface area contributed by atoms with E-state index in [0.717, 1.165) is 10.0 Å². The van der Waals surface area contributed by atoms with E-state index in [1.165, 1.54) is 6.07 Å². The second-order valence-corrected chi connectivity index (χ2v) is 5.07. The molecule has 0 spiro atoms. The number of aromatic hydroxyl groups is 1. The van der Waals surface area contributed by atoms with E-state index in [1.54, 1.807) is 18.2 Å². The number of rotatable bonds is 4. The maximum absolute atomic E-state index is 11.6. The molecule has 0 saturated carbocycles. The summed E-state index contributed by atoms with van der Waals surface area (Å²) < 4.78 is 6.08. The van der Waals surface area contributed by atoms with Crippen molar-refractivity contribution in [2.75, 3.05) is 11.9 Å². The largest absolute Gasteiger partial charge is 0.506 e. The van der Waals surface area contributed by atoms with E-state index in [4.69, 9.17) is 4.74 Å². The molecular formula is C15H14BrNO3. The molecular weight excluding hydrogens is 322 g/mol. The highest BCUT2D eigenvalue weighted by atomic mass is 79.9. The lowest BCUT2D eigenvalue weighted by Gasteiger charge is -2.08. The molecule has 0 aromatic heterocycles. The van der Waals surface area contributed by atoms with Crippen LogP contribution in [0, 0.1) is 0 Å². The SMILES string of the molecule is O=C(Nc1ccccc1O)OCCc1ccc(Br)cc1. The van der Waals surface area contributed by atoms with Crippen LogP contribution in [0.25, 0.3) is 0 Å². The third-order valence-electron chi connectivity index (χ3n) is 2.68. The van der Waals surface area contributed by atoms with Crippen LogP contribution < -0.4 is 5.32 Å². The fourth-order valence-electron chi connectivity index (χ4n) is 1.64. The van der Waals surface area contributed by atoms with Crippen LogP contribution in [-0.2, 0) is 11.2 Å². The Balaban J connectivity index is 1.78. The van der Waals surface area contributed by atoms with E-state index in [-0.39, 0.29) is 12.4 Å². The Bertz CT molecular complexity index is 584. The average Bonchev–Trinajstić information content (AvgIpc) is 2.44. The molecule has 0 fully saturated rings. The molecule has 0 radical (unpaired) electrons. The number of anilines is 1. The van der Waals surface area contributed by atoms with Crippen molar-refractivity contribution in [3.8, 4) is 5.75 Å². The van der Waals surface area contributed by atoms with Gasteiger partial charge in [-0.15, -0.1) is 0 Å². The fraction of sp³-hybridized carbons (Fsp3) is 0.133. The molecule has 0 saturated heterocycles. The van der Waals surface area contributed by atoms with Gasteiger partial charge in [0.15, 0.2) is 0 Å². The van der Waals surface area contributed by atoms with Gasteiger partial charge in [-0.1, -0.05) is 40.2 Å². The number of hydrogen-bond acceptors (Lipinski definition) is 3. The summed E-state index contributed by atoms with van der Waals surface area (Å²) in [6, 6.07) is 14.3. The van der Waals surface area contributed by atoms with E-state index in [2.05, 4.69) is 21.2 Å². The summed E-state index contributed by atoms with van der Waals surface area (Å²) in [7, 11) is 0. The van der Waals surface area contributed by atoms with Crippen LogP contribution in [0.15, 0.2) is 53.0 Å². The Kier molecular flexibility index (Phi) is 5.01. The Labute approximate surface area is 125 Å². The summed E-state index contributed by atoms with van der Waals surface area (Å²) in [5, 5.41) is 12.0. The van der Waals surface area contributed by atoms with Gasteiger partial charge in [0.25, 0.3) is 0 Å². The molecule has 0 atom stereocenters. The number of phenolic OH excluding ortho intramolecular Hbond substituents is 1. The summed E-state index contributed by atoms with van der Waals surface area (Å²) in [5.74, 6) is 0.0114. The minimum absolute atomic E-state index is 0.0114. The molecule has 0 bridgehead atoms. The smallest absolute Gasteiger partial charge is 0.411 e. The molecule has 2 aromatic carbocycles. The zero-order valence-electron chi connectivity index (χ0n) is 10.7. The topological polar surface area (TPSA) is 58.6 Å². The lowest BCUT2D eigenvalue weighted by Crippen LogP contribution is -2.15. The van der Waals surface area contributed by atoms with Crippen LogP contribution in [0.5, 0.6) is 5.75 Å². The van der Waals surface area contributed by atoms with Gasteiger partial charge in [-0.3, -0.25) is 5.32 Å². The summed E-state index contributed by atoms with van der Waals surface area (Å²) >= 11 is 3.36. The standard InChI is InChI=1S/C15H14BrNO3/c16-12-7-5-11(6-8-12)9-10-20-15(19)17-13-3-1-2-4-14(13)18/h1-8,18H,9-10H2,(H,17,19). The Hall–Kier alpha value is -2.01. The van der Waals surface area contributed by atoms with Crippen molar-refractivity contribution in [2.24, 2.45) is 0 Å². The summed E-state index contributed by atoms with van der Waals surface area (Å²) in [5.41, 5.74) is 1.42. The third-order valence-corrected chi connectivity index (χ3v) is 3.21. The number of phenols is 1. The van der Waals surface area contributed by atoms with Crippen LogP contribution in [-0.4, -0.2) is 17.8 Å². The first kappa shape index (κ1) is 14.4. The average molecular weight is 336 g/mol. The number of para-hydroxylation sites is 2. The van der Waals surface area contributed by atoms with E-state index in [1.807, 2.05) is 24.3 Å². The van der Waals surface area contributed by atoms with Crippen molar-refractivity contribution in [1.29, 1.82) is 0 Å². The predicted octanol–water partition coefficient (Wildman–Crippen LogP) is 3.95. The zero-order chi connectivity index (χ0) is 14.4. The maximum atomic E-state index is 11.6. The van der Waals surface area contributed by atoms with Crippen molar-refractivity contribution < 1.29 is 14.6 Å². The van der Waals surface area contributed by atoms with Gasteiger partial charge in [0.05, 0.1) is 12.3 Å². The fourth-order valence-corrected chi connectivity index (χ4v) is 1.90. The highest BCUT2D eigenvalue weighted by molar-refractivity contribution is 9.10. The normalized spacial score (nSPS) is 10.1. The molecule has 0 aliphatic rings. The van der Waals surface area contributed by atoms with Gasteiger partial charge in [0, 0.05) is 10.9 Å². The van der Waals surface area contributed by atoms with Gasteiger partial charge in [0.1, 0.15) is 5.75 Å². The number of amides is 1. The molecule has 0 aliphatic heterocycles. The number of hydrogen-bond donors (Lipinski definition) is 2. The van der Waals surface area contributed by atoms with Crippen LogP contribution in [0.3, 0.4) is 0 Å². The summed E-state index contributed by atoms with van der Waals surface area (Å²) in [6.07, 6.45) is 0.0604. The Morgan fingerprint density at radius 3 is 2.55 bits per heavy atom. The minimum Gasteiger partial charge on any atom is -0.506 e. The lowest BCUT2D eigenvalue weighted by atomic mass is 10.2. The van der Waals surface area contributed by atoms with Gasteiger partial charge in [-0.25, -0.2) is 4.79 Å². The number of nitrogens with one attached hydrogen (secondary N) is 1. The third kappa shape index (κ3) is 4.28. The number of ether oxygens (including phenoxy) is 1. The second-order valence-electron chi connectivity index (χ2n) is 4.15. The molecule has 5 heteroatoms. The molecule has 0 aliphatic carbocycles.